The standard InChI is InChI=1S/C14H16BrF2N3/c1-3-4-5-20-8-9(2)18-14(20)19-13-11(15)6-10(16)7-12(13)17/h6-8H,3-5H2,1-2H3,(H,18,19). The zero-order chi connectivity index (χ0) is 14.7. The van der Waals surface area contributed by atoms with E-state index in [-0.39, 0.29) is 5.69 Å². The number of nitrogens with one attached hydrogen (secondary N) is 1. The molecule has 0 bridgehead atoms. The van der Waals surface area contributed by atoms with Crippen molar-refractivity contribution in [3.05, 3.63) is 40.1 Å². The van der Waals surface area contributed by atoms with Gasteiger partial charge in [-0.25, -0.2) is 13.8 Å². The van der Waals surface area contributed by atoms with Gasteiger partial charge in [0, 0.05) is 23.3 Å². The topological polar surface area (TPSA) is 29.9 Å². The molecule has 6 heteroatoms. The monoisotopic (exact) mass is 343 g/mol. The van der Waals surface area contributed by atoms with E-state index in [9.17, 15) is 8.78 Å². The van der Waals surface area contributed by atoms with Crippen LogP contribution in [0.1, 0.15) is 25.5 Å². The van der Waals surface area contributed by atoms with E-state index in [1.807, 2.05) is 17.7 Å². The minimum Gasteiger partial charge on any atom is -0.322 e. The third kappa shape index (κ3) is 3.36. The molecule has 0 saturated carbocycles. The van der Waals surface area contributed by atoms with Crippen molar-refractivity contribution in [2.24, 2.45) is 0 Å². The molecule has 0 aliphatic heterocycles. The average Bonchev–Trinajstić information content (AvgIpc) is 2.71. The van der Waals surface area contributed by atoms with E-state index in [0.717, 1.165) is 31.1 Å². The van der Waals surface area contributed by atoms with Crippen molar-refractivity contribution in [1.29, 1.82) is 0 Å². The Morgan fingerprint density at radius 2 is 2.10 bits per heavy atom. The summed E-state index contributed by atoms with van der Waals surface area (Å²) in [4.78, 5) is 4.33. The van der Waals surface area contributed by atoms with Gasteiger partial charge < -0.3 is 9.88 Å². The van der Waals surface area contributed by atoms with Crippen molar-refractivity contribution < 1.29 is 8.78 Å². The lowest BCUT2D eigenvalue weighted by molar-refractivity contribution is 0.584. The van der Waals surface area contributed by atoms with Gasteiger partial charge in [0.05, 0.1) is 11.4 Å². The van der Waals surface area contributed by atoms with Crippen molar-refractivity contribution in [2.75, 3.05) is 5.32 Å². The van der Waals surface area contributed by atoms with Gasteiger partial charge in [-0.15, -0.1) is 0 Å². The van der Waals surface area contributed by atoms with Gasteiger partial charge in [-0.05, 0) is 35.3 Å². The highest BCUT2D eigenvalue weighted by molar-refractivity contribution is 9.10. The summed E-state index contributed by atoms with van der Waals surface area (Å²) in [6.07, 6.45) is 3.98. The molecule has 0 amide bonds. The maximum atomic E-state index is 13.8. The van der Waals surface area contributed by atoms with Crippen molar-refractivity contribution in [2.45, 2.75) is 33.2 Å². The Labute approximate surface area is 125 Å². The fourth-order valence-electron chi connectivity index (χ4n) is 1.92. The SMILES string of the molecule is CCCCn1cc(C)nc1Nc1c(F)cc(F)cc1Br. The molecule has 1 N–H and O–H groups in total. The van der Waals surface area contributed by atoms with Crippen LogP contribution in [0.3, 0.4) is 0 Å². The number of nitrogens with zero attached hydrogens (tertiary/aromatic N) is 2. The average molecular weight is 344 g/mol. The summed E-state index contributed by atoms with van der Waals surface area (Å²) in [5, 5.41) is 2.93. The number of imidazole rings is 1. The maximum absolute atomic E-state index is 13.8. The van der Waals surface area contributed by atoms with E-state index in [0.29, 0.717) is 10.4 Å². The maximum Gasteiger partial charge on any atom is 0.207 e. The first-order chi connectivity index (χ1) is 9.51. The number of hydrogen-bond acceptors (Lipinski definition) is 2. The van der Waals surface area contributed by atoms with Gasteiger partial charge in [-0.1, -0.05) is 13.3 Å². The van der Waals surface area contributed by atoms with Crippen molar-refractivity contribution >= 4 is 27.6 Å². The molecule has 1 heterocycles. The van der Waals surface area contributed by atoms with Gasteiger partial charge in [0.15, 0.2) is 5.82 Å². The molecule has 2 rings (SSSR count). The van der Waals surface area contributed by atoms with Crippen LogP contribution in [0.15, 0.2) is 22.8 Å². The largest absolute Gasteiger partial charge is 0.322 e. The molecule has 2 aromatic rings. The Bertz CT molecular complexity index is 587. The van der Waals surface area contributed by atoms with Crippen LogP contribution in [0.4, 0.5) is 20.4 Å². The molecule has 0 atom stereocenters. The molecule has 20 heavy (non-hydrogen) atoms. The molecule has 0 fully saturated rings. The highest BCUT2D eigenvalue weighted by Gasteiger charge is 2.13. The Kier molecular flexibility index (Phi) is 4.75. The summed E-state index contributed by atoms with van der Waals surface area (Å²) < 4.78 is 29.2. The lowest BCUT2D eigenvalue weighted by Gasteiger charge is -2.11. The van der Waals surface area contributed by atoms with E-state index < -0.39 is 11.6 Å². The molecule has 108 valence electrons. The Balaban J connectivity index is 2.30. The zero-order valence-electron chi connectivity index (χ0n) is 11.4. The summed E-state index contributed by atoms with van der Waals surface area (Å²) in [7, 11) is 0. The van der Waals surface area contributed by atoms with E-state index in [1.165, 1.54) is 6.07 Å². The predicted molar refractivity (Wildman–Crippen MR) is 79.2 cm³/mol. The minimum absolute atomic E-state index is 0.190. The lowest BCUT2D eigenvalue weighted by atomic mass is 10.3. The van der Waals surface area contributed by atoms with Crippen molar-refractivity contribution in [3.63, 3.8) is 0 Å². The molecule has 1 aromatic carbocycles. The molecule has 0 unspecified atom stereocenters. The molecule has 0 spiro atoms. The Morgan fingerprint density at radius 1 is 1.35 bits per heavy atom. The second kappa shape index (κ2) is 6.35. The first-order valence-corrected chi connectivity index (χ1v) is 7.26. The number of aromatic nitrogens is 2. The second-order valence-electron chi connectivity index (χ2n) is 4.62. The molecular formula is C14H16BrF2N3. The minimum atomic E-state index is -0.653. The molecular weight excluding hydrogens is 328 g/mol. The molecule has 1 aromatic heterocycles. The van der Waals surface area contributed by atoms with Gasteiger partial charge in [-0.2, -0.15) is 0 Å². The van der Waals surface area contributed by atoms with E-state index in [1.54, 1.807) is 0 Å². The molecule has 0 aliphatic carbocycles. The fourth-order valence-corrected chi connectivity index (χ4v) is 2.43. The highest BCUT2D eigenvalue weighted by atomic mass is 79.9. The summed E-state index contributed by atoms with van der Waals surface area (Å²) in [5.41, 5.74) is 1.04. The smallest absolute Gasteiger partial charge is 0.207 e. The number of unbranched alkanes of at least 4 members (excludes halogenated alkanes) is 1. The molecule has 3 nitrogen and oxygen atoms in total. The summed E-state index contributed by atoms with van der Waals surface area (Å²) in [6.45, 7) is 4.79. The summed E-state index contributed by atoms with van der Waals surface area (Å²) in [6, 6.07) is 2.07. The van der Waals surface area contributed by atoms with Crippen molar-refractivity contribution in [3.8, 4) is 0 Å². The van der Waals surface area contributed by atoms with Gasteiger partial charge >= 0.3 is 0 Å². The van der Waals surface area contributed by atoms with Crippen LogP contribution in [0.5, 0.6) is 0 Å². The van der Waals surface area contributed by atoms with Gasteiger partial charge in [0.25, 0.3) is 0 Å². The number of rotatable bonds is 5. The molecule has 0 radical (unpaired) electrons. The van der Waals surface area contributed by atoms with E-state index in [2.05, 4.69) is 33.2 Å². The fraction of sp³-hybridized carbons (Fsp3) is 0.357. The third-order valence-electron chi connectivity index (χ3n) is 2.89. The Hall–Kier alpha value is -1.43. The van der Waals surface area contributed by atoms with Crippen LogP contribution < -0.4 is 5.32 Å². The number of aryl methyl sites for hydroxylation is 2. The van der Waals surface area contributed by atoms with Gasteiger partial charge in [-0.3, -0.25) is 0 Å². The van der Waals surface area contributed by atoms with E-state index in [4.69, 9.17) is 0 Å². The second-order valence-corrected chi connectivity index (χ2v) is 5.48. The van der Waals surface area contributed by atoms with E-state index >= 15 is 0 Å². The predicted octanol–water partition coefficient (Wildman–Crippen LogP) is 4.78. The van der Waals surface area contributed by atoms with Crippen LogP contribution in [0.25, 0.3) is 0 Å². The number of anilines is 2. The van der Waals surface area contributed by atoms with Crippen LogP contribution in [0, 0.1) is 18.6 Å². The van der Waals surface area contributed by atoms with Gasteiger partial charge in [0.2, 0.25) is 5.95 Å². The summed E-state index contributed by atoms with van der Waals surface area (Å²) >= 11 is 3.16. The molecule has 0 saturated heterocycles. The van der Waals surface area contributed by atoms with Crippen molar-refractivity contribution in [1.82, 2.24) is 9.55 Å². The van der Waals surface area contributed by atoms with Crippen LogP contribution in [-0.4, -0.2) is 9.55 Å². The lowest BCUT2D eigenvalue weighted by Crippen LogP contribution is -2.05. The first-order valence-electron chi connectivity index (χ1n) is 6.46. The third-order valence-corrected chi connectivity index (χ3v) is 3.52. The van der Waals surface area contributed by atoms with Crippen LogP contribution >= 0.6 is 15.9 Å². The summed E-state index contributed by atoms with van der Waals surface area (Å²) in [5.74, 6) is -0.716. The van der Waals surface area contributed by atoms with Gasteiger partial charge in [0.1, 0.15) is 5.82 Å². The zero-order valence-corrected chi connectivity index (χ0v) is 13.0. The number of hydrogen-bond donors (Lipinski definition) is 1. The first kappa shape index (κ1) is 15.0. The normalized spacial score (nSPS) is 10.8. The quantitative estimate of drug-likeness (QED) is 0.846. The number of benzene rings is 1. The number of halogens is 3. The van der Waals surface area contributed by atoms with Crippen LogP contribution in [0.2, 0.25) is 0 Å². The Morgan fingerprint density at radius 3 is 2.75 bits per heavy atom. The van der Waals surface area contributed by atoms with Crippen LogP contribution in [-0.2, 0) is 6.54 Å². The highest BCUT2D eigenvalue weighted by Crippen LogP contribution is 2.29. The molecule has 0 aliphatic rings.